The van der Waals surface area contributed by atoms with Crippen molar-refractivity contribution in [1.29, 1.82) is 0 Å². The Morgan fingerprint density at radius 1 is 1.14 bits per heavy atom. The Morgan fingerprint density at radius 3 is 2.48 bits per heavy atom. The van der Waals surface area contributed by atoms with Gasteiger partial charge in [-0.25, -0.2) is 4.79 Å². The molecule has 21 heavy (non-hydrogen) atoms. The fourth-order valence-electron chi connectivity index (χ4n) is 3.94. The van der Waals surface area contributed by atoms with Crippen LogP contribution in [0.1, 0.15) is 58.8 Å². The zero-order valence-corrected chi connectivity index (χ0v) is 13.6. The third-order valence-corrected chi connectivity index (χ3v) is 5.36. The molecule has 0 aromatic rings. The molecular weight excluding hydrogens is 266 g/mol. The molecule has 2 rings (SSSR count). The van der Waals surface area contributed by atoms with Gasteiger partial charge in [-0.2, -0.15) is 0 Å². The third-order valence-electron chi connectivity index (χ3n) is 5.36. The van der Waals surface area contributed by atoms with Crippen LogP contribution in [0.5, 0.6) is 0 Å². The van der Waals surface area contributed by atoms with Crippen molar-refractivity contribution in [3.8, 4) is 0 Å². The van der Waals surface area contributed by atoms with Crippen LogP contribution < -0.4 is 0 Å². The summed E-state index contributed by atoms with van der Waals surface area (Å²) in [6, 6.07) is 0.745. The topological polar surface area (TPSA) is 49.8 Å². The number of hydrogen-bond donors (Lipinski definition) is 1. The average Bonchev–Trinajstić information content (AvgIpc) is 2.71. The molecule has 1 aliphatic heterocycles. The number of ether oxygens (including phenoxy) is 1. The van der Waals surface area contributed by atoms with Gasteiger partial charge in [0.15, 0.2) is 0 Å². The average molecular weight is 297 g/mol. The number of rotatable bonds is 5. The van der Waals surface area contributed by atoms with Gasteiger partial charge in [-0.05, 0) is 43.9 Å². The number of piperidine rings is 1. The Kier molecular flexibility index (Phi) is 6.49. The first kappa shape index (κ1) is 16.8. The molecule has 2 atom stereocenters. The Hall–Kier alpha value is -0.610. The first-order chi connectivity index (χ1) is 10.1. The molecule has 0 aromatic carbocycles. The lowest BCUT2D eigenvalue weighted by Crippen LogP contribution is -2.43. The van der Waals surface area contributed by atoms with Crippen LogP contribution in [0.3, 0.4) is 0 Å². The number of nitrogens with zero attached hydrogens (tertiary/aromatic N) is 1. The van der Waals surface area contributed by atoms with E-state index in [0.29, 0.717) is 0 Å². The maximum Gasteiger partial charge on any atom is 0.329 e. The predicted octanol–water partition coefficient (Wildman–Crippen LogP) is 3.16. The fraction of sp³-hybridized carbons (Fsp3) is 0.941. The van der Waals surface area contributed by atoms with Crippen molar-refractivity contribution in [3.05, 3.63) is 0 Å². The Bertz CT molecular complexity index is 324. The number of hydrogen-bond acceptors (Lipinski definition) is 3. The van der Waals surface area contributed by atoms with Crippen LogP contribution >= 0.6 is 0 Å². The SMILES string of the molecule is CC(C)C1CCCC(N2CCC(OCC(=O)O)CC2)CC1. The maximum atomic E-state index is 10.5. The van der Waals surface area contributed by atoms with Gasteiger partial charge in [-0.1, -0.05) is 26.7 Å². The highest BCUT2D eigenvalue weighted by atomic mass is 16.5. The molecule has 2 unspecified atom stereocenters. The van der Waals surface area contributed by atoms with Crippen LogP contribution in [-0.2, 0) is 9.53 Å². The summed E-state index contributed by atoms with van der Waals surface area (Å²) in [5.41, 5.74) is 0. The van der Waals surface area contributed by atoms with E-state index in [1.54, 1.807) is 0 Å². The number of likely N-dealkylation sites (tertiary alicyclic amines) is 1. The van der Waals surface area contributed by atoms with Crippen molar-refractivity contribution in [2.75, 3.05) is 19.7 Å². The zero-order chi connectivity index (χ0) is 15.2. The van der Waals surface area contributed by atoms with E-state index in [0.717, 1.165) is 43.8 Å². The van der Waals surface area contributed by atoms with E-state index >= 15 is 0 Å². The summed E-state index contributed by atoms with van der Waals surface area (Å²) >= 11 is 0. The fourth-order valence-corrected chi connectivity index (χ4v) is 3.94. The van der Waals surface area contributed by atoms with Crippen molar-refractivity contribution < 1.29 is 14.6 Å². The monoisotopic (exact) mass is 297 g/mol. The van der Waals surface area contributed by atoms with Gasteiger partial charge in [-0.15, -0.1) is 0 Å². The highest BCUT2D eigenvalue weighted by Gasteiger charge is 2.28. The largest absolute Gasteiger partial charge is 0.480 e. The summed E-state index contributed by atoms with van der Waals surface area (Å²) in [5.74, 6) is 0.867. The van der Waals surface area contributed by atoms with Gasteiger partial charge < -0.3 is 14.7 Å². The number of carboxylic acids is 1. The Balaban J connectivity index is 1.73. The molecular formula is C17H31NO3. The second-order valence-corrected chi connectivity index (χ2v) is 7.11. The molecule has 1 aliphatic carbocycles. The first-order valence-electron chi connectivity index (χ1n) is 8.63. The number of carboxylic acid groups (broad SMARTS) is 1. The highest BCUT2D eigenvalue weighted by Crippen LogP contribution is 2.32. The van der Waals surface area contributed by atoms with Crippen LogP contribution in [0, 0.1) is 11.8 Å². The van der Waals surface area contributed by atoms with Crippen molar-refractivity contribution in [2.45, 2.75) is 70.9 Å². The molecule has 0 radical (unpaired) electrons. The second kappa shape index (κ2) is 8.14. The molecule has 0 spiro atoms. The molecule has 4 heteroatoms. The number of aliphatic carboxylic acids is 1. The maximum absolute atomic E-state index is 10.5. The van der Waals surface area contributed by atoms with E-state index in [-0.39, 0.29) is 12.7 Å². The minimum atomic E-state index is -0.860. The second-order valence-electron chi connectivity index (χ2n) is 7.11. The summed E-state index contributed by atoms with van der Waals surface area (Å²) < 4.78 is 5.43. The van der Waals surface area contributed by atoms with E-state index < -0.39 is 5.97 Å². The minimum Gasteiger partial charge on any atom is -0.480 e. The normalized spacial score (nSPS) is 29.5. The first-order valence-corrected chi connectivity index (χ1v) is 8.63. The molecule has 0 amide bonds. The molecule has 1 saturated carbocycles. The van der Waals surface area contributed by atoms with E-state index in [1.165, 1.54) is 32.1 Å². The van der Waals surface area contributed by atoms with Gasteiger partial charge in [0.05, 0.1) is 6.10 Å². The standard InChI is InChI=1S/C17H31NO3/c1-13(2)14-4-3-5-15(7-6-14)18-10-8-16(9-11-18)21-12-17(19)20/h13-16H,3-12H2,1-2H3,(H,19,20). The van der Waals surface area contributed by atoms with Crippen molar-refractivity contribution >= 4 is 5.97 Å². The summed E-state index contributed by atoms with van der Waals surface area (Å²) in [5, 5.41) is 8.67. The van der Waals surface area contributed by atoms with E-state index in [2.05, 4.69) is 18.7 Å². The molecule has 4 nitrogen and oxygen atoms in total. The molecule has 1 N–H and O–H groups in total. The molecule has 0 bridgehead atoms. The quantitative estimate of drug-likeness (QED) is 0.792. The van der Waals surface area contributed by atoms with Crippen LogP contribution in [0.4, 0.5) is 0 Å². The molecule has 0 aromatic heterocycles. The molecule has 2 fully saturated rings. The van der Waals surface area contributed by atoms with Crippen molar-refractivity contribution in [1.82, 2.24) is 4.90 Å². The summed E-state index contributed by atoms with van der Waals surface area (Å²) in [6.45, 7) is 6.71. The Labute approximate surface area is 128 Å². The van der Waals surface area contributed by atoms with Gasteiger partial charge in [0.2, 0.25) is 0 Å². The van der Waals surface area contributed by atoms with Gasteiger partial charge in [-0.3, -0.25) is 0 Å². The van der Waals surface area contributed by atoms with Crippen LogP contribution in [0.15, 0.2) is 0 Å². The van der Waals surface area contributed by atoms with E-state index in [1.807, 2.05) is 0 Å². The highest BCUT2D eigenvalue weighted by molar-refractivity contribution is 5.68. The van der Waals surface area contributed by atoms with Gasteiger partial charge in [0.25, 0.3) is 0 Å². The third kappa shape index (κ3) is 5.26. The lowest BCUT2D eigenvalue weighted by molar-refractivity contribution is -0.145. The molecule has 1 saturated heterocycles. The Morgan fingerprint density at radius 2 is 1.86 bits per heavy atom. The minimum absolute atomic E-state index is 0.145. The zero-order valence-electron chi connectivity index (χ0n) is 13.6. The van der Waals surface area contributed by atoms with Gasteiger partial charge in [0.1, 0.15) is 6.61 Å². The lowest BCUT2D eigenvalue weighted by atomic mass is 9.89. The lowest BCUT2D eigenvalue weighted by Gasteiger charge is -2.37. The molecule has 122 valence electrons. The van der Waals surface area contributed by atoms with Gasteiger partial charge in [0, 0.05) is 19.1 Å². The molecule has 2 aliphatic rings. The van der Waals surface area contributed by atoms with E-state index in [9.17, 15) is 4.79 Å². The smallest absolute Gasteiger partial charge is 0.329 e. The van der Waals surface area contributed by atoms with Crippen LogP contribution in [0.2, 0.25) is 0 Å². The summed E-state index contributed by atoms with van der Waals surface area (Å²) in [6.07, 6.45) is 8.92. The summed E-state index contributed by atoms with van der Waals surface area (Å²) in [7, 11) is 0. The molecule has 1 heterocycles. The van der Waals surface area contributed by atoms with Crippen molar-refractivity contribution in [2.24, 2.45) is 11.8 Å². The summed E-state index contributed by atoms with van der Waals surface area (Å²) in [4.78, 5) is 13.2. The van der Waals surface area contributed by atoms with Crippen LogP contribution in [-0.4, -0.2) is 47.8 Å². The van der Waals surface area contributed by atoms with Crippen molar-refractivity contribution in [3.63, 3.8) is 0 Å². The van der Waals surface area contributed by atoms with Gasteiger partial charge >= 0.3 is 5.97 Å². The predicted molar refractivity (Wildman–Crippen MR) is 83.4 cm³/mol. The van der Waals surface area contributed by atoms with Crippen LogP contribution in [0.25, 0.3) is 0 Å². The van der Waals surface area contributed by atoms with E-state index in [4.69, 9.17) is 9.84 Å². The number of carbonyl (C=O) groups is 1.